The van der Waals surface area contributed by atoms with Crippen LogP contribution in [0, 0.1) is 24.0 Å². The second-order valence-corrected chi connectivity index (χ2v) is 7.93. The molecule has 2 N–H and O–H groups in total. The maximum Gasteiger partial charge on any atom is 0.273 e. The number of nitro groups is 1. The Morgan fingerprint density at radius 3 is 2.71 bits per heavy atom. The van der Waals surface area contributed by atoms with Gasteiger partial charge in [0.25, 0.3) is 11.6 Å². The number of carbonyl (C=O) groups excluding carboxylic acids is 1. The zero-order chi connectivity index (χ0) is 22.1. The molecule has 2 aromatic carbocycles. The molecule has 0 saturated heterocycles. The minimum atomic E-state index is -0.549. The number of nitro benzene ring substituents is 1. The first-order valence-corrected chi connectivity index (χ1v) is 10.2. The van der Waals surface area contributed by atoms with Crippen molar-refractivity contribution in [3.8, 4) is 10.6 Å². The number of thiocarbonyl (C=S) groups is 1. The molecule has 0 atom stereocenters. The molecule has 0 radical (unpaired) electrons. The summed E-state index contributed by atoms with van der Waals surface area (Å²) in [7, 11) is 0. The Hall–Kier alpha value is -3.77. The lowest BCUT2D eigenvalue weighted by Crippen LogP contribution is -2.34. The van der Waals surface area contributed by atoms with Crippen LogP contribution in [0.5, 0.6) is 0 Å². The van der Waals surface area contributed by atoms with E-state index in [9.17, 15) is 14.9 Å². The topological polar surface area (TPSA) is 127 Å². The number of nitrogens with one attached hydrogen (secondary N) is 2. The number of hydrogen-bond donors (Lipinski definition) is 2. The first kappa shape index (κ1) is 20.5. The normalized spacial score (nSPS) is 10.8. The van der Waals surface area contributed by atoms with E-state index in [-0.39, 0.29) is 16.4 Å². The van der Waals surface area contributed by atoms with Crippen LogP contribution in [0.2, 0.25) is 0 Å². The van der Waals surface area contributed by atoms with Crippen molar-refractivity contribution in [3.63, 3.8) is 0 Å². The number of hydrogen-bond acceptors (Lipinski definition) is 8. The summed E-state index contributed by atoms with van der Waals surface area (Å²) in [6.45, 7) is 3.42. The maximum atomic E-state index is 12.5. The number of fused-ring (bicyclic) bond motifs is 1. The molecule has 0 unspecified atom stereocenters. The minimum Gasteiger partial charge on any atom is -0.332 e. The van der Waals surface area contributed by atoms with Gasteiger partial charge in [-0.2, -0.15) is 9.61 Å². The number of aromatic nitrogens is 4. The summed E-state index contributed by atoms with van der Waals surface area (Å²) >= 11 is 6.65. The fraction of sp³-hybridized carbons (Fsp3) is 0.105. The van der Waals surface area contributed by atoms with E-state index in [2.05, 4.69) is 25.9 Å². The zero-order valence-corrected chi connectivity index (χ0v) is 18.0. The maximum absolute atomic E-state index is 12.5. The van der Waals surface area contributed by atoms with Crippen LogP contribution in [0.1, 0.15) is 21.7 Å². The van der Waals surface area contributed by atoms with Crippen LogP contribution in [0.25, 0.3) is 15.5 Å². The molecule has 0 saturated carbocycles. The van der Waals surface area contributed by atoms with E-state index in [1.165, 1.54) is 29.5 Å². The van der Waals surface area contributed by atoms with Gasteiger partial charge in [0.05, 0.1) is 10.6 Å². The number of aryl methyl sites for hydroxylation is 2. The van der Waals surface area contributed by atoms with Crippen molar-refractivity contribution in [3.05, 3.63) is 69.5 Å². The van der Waals surface area contributed by atoms with Gasteiger partial charge < -0.3 is 5.32 Å². The molecule has 2 aromatic heterocycles. The predicted octanol–water partition coefficient (Wildman–Crippen LogP) is 3.50. The third-order valence-corrected chi connectivity index (χ3v) is 5.58. The Labute approximate surface area is 185 Å². The molecule has 156 valence electrons. The number of nitrogens with zero attached hydrogens (tertiary/aromatic N) is 5. The lowest BCUT2D eigenvalue weighted by Gasteiger charge is -2.12. The monoisotopic (exact) mass is 453 g/mol. The van der Waals surface area contributed by atoms with E-state index in [0.29, 0.717) is 27.0 Å². The van der Waals surface area contributed by atoms with Gasteiger partial charge in [0.2, 0.25) is 4.96 Å². The molecule has 10 nitrogen and oxygen atoms in total. The van der Waals surface area contributed by atoms with Crippen molar-refractivity contribution in [1.82, 2.24) is 25.1 Å². The average Bonchev–Trinajstić information content (AvgIpc) is 3.30. The standard InChI is InChI=1S/C19H15N7O3S2/c1-10-7-8-12(9-15(10)26(28)29)16(27)21-18(30)20-14-6-4-3-5-13(14)17-24-25-11(2)22-23-19(25)31-17/h3-9H,1-2H3,(H2,20,21,27,30). The van der Waals surface area contributed by atoms with E-state index < -0.39 is 10.8 Å². The molecule has 4 rings (SSSR count). The van der Waals surface area contributed by atoms with Crippen LogP contribution in [-0.4, -0.2) is 35.8 Å². The first-order valence-electron chi connectivity index (χ1n) is 8.99. The Morgan fingerprint density at radius 1 is 1.19 bits per heavy atom. The highest BCUT2D eigenvalue weighted by Gasteiger charge is 2.17. The van der Waals surface area contributed by atoms with Gasteiger partial charge in [0, 0.05) is 22.8 Å². The smallest absolute Gasteiger partial charge is 0.273 e. The van der Waals surface area contributed by atoms with Crippen LogP contribution in [0.3, 0.4) is 0 Å². The van der Waals surface area contributed by atoms with Crippen LogP contribution in [0.15, 0.2) is 42.5 Å². The van der Waals surface area contributed by atoms with Gasteiger partial charge in [0.1, 0.15) is 5.01 Å². The third-order valence-electron chi connectivity index (χ3n) is 4.45. The number of benzene rings is 2. The fourth-order valence-corrected chi connectivity index (χ4v) is 4.01. The van der Waals surface area contributed by atoms with Crippen LogP contribution in [0.4, 0.5) is 11.4 Å². The highest BCUT2D eigenvalue weighted by molar-refractivity contribution is 7.80. The van der Waals surface area contributed by atoms with E-state index >= 15 is 0 Å². The summed E-state index contributed by atoms with van der Waals surface area (Å²) in [6, 6.07) is 11.6. The zero-order valence-electron chi connectivity index (χ0n) is 16.3. The van der Waals surface area contributed by atoms with Gasteiger partial charge >= 0.3 is 0 Å². The molecule has 0 fully saturated rings. The van der Waals surface area contributed by atoms with Crippen LogP contribution >= 0.6 is 23.6 Å². The quantitative estimate of drug-likeness (QED) is 0.273. The molecule has 0 bridgehead atoms. The molecule has 0 aliphatic heterocycles. The van der Waals surface area contributed by atoms with Gasteiger partial charge in [-0.05, 0) is 44.3 Å². The highest BCUT2D eigenvalue weighted by atomic mass is 32.1. The minimum absolute atomic E-state index is 0.0554. The molecule has 31 heavy (non-hydrogen) atoms. The molecule has 4 aromatic rings. The Bertz CT molecular complexity index is 1350. The summed E-state index contributed by atoms with van der Waals surface area (Å²) in [4.78, 5) is 23.8. The van der Waals surface area contributed by atoms with E-state index in [0.717, 1.165) is 5.56 Å². The molecule has 1 amide bonds. The summed E-state index contributed by atoms with van der Waals surface area (Å²) < 4.78 is 1.65. The second kappa shape index (κ2) is 8.16. The number of para-hydroxylation sites is 1. The molecule has 12 heteroatoms. The Kier molecular flexibility index (Phi) is 5.40. The van der Waals surface area contributed by atoms with Gasteiger partial charge in [0.15, 0.2) is 10.9 Å². The lowest BCUT2D eigenvalue weighted by atomic mass is 10.1. The summed E-state index contributed by atoms with van der Waals surface area (Å²) in [6.07, 6.45) is 0. The SMILES string of the molecule is Cc1ccc(C(=O)NC(=S)Nc2ccccc2-c2nn3c(C)nnc3s2)cc1[N+](=O)[O-]. The predicted molar refractivity (Wildman–Crippen MR) is 120 cm³/mol. The molecular weight excluding hydrogens is 438 g/mol. The molecule has 0 spiro atoms. The second-order valence-electron chi connectivity index (χ2n) is 6.56. The molecule has 0 aliphatic rings. The van der Waals surface area contributed by atoms with Crippen molar-refractivity contribution in [2.24, 2.45) is 0 Å². The van der Waals surface area contributed by atoms with E-state index in [4.69, 9.17) is 12.2 Å². The fourth-order valence-electron chi connectivity index (χ4n) is 2.88. The van der Waals surface area contributed by atoms with Crippen LogP contribution < -0.4 is 10.6 Å². The van der Waals surface area contributed by atoms with Crippen molar-refractivity contribution in [1.29, 1.82) is 0 Å². The van der Waals surface area contributed by atoms with Gasteiger partial charge in [-0.25, -0.2) is 0 Å². The first-order chi connectivity index (χ1) is 14.8. The third kappa shape index (κ3) is 4.11. The van der Waals surface area contributed by atoms with Crippen molar-refractivity contribution < 1.29 is 9.72 Å². The largest absolute Gasteiger partial charge is 0.332 e. The van der Waals surface area contributed by atoms with Gasteiger partial charge in [-0.15, -0.1) is 10.2 Å². The Morgan fingerprint density at radius 2 is 1.97 bits per heavy atom. The summed E-state index contributed by atoms with van der Waals surface area (Å²) in [5, 5.41) is 30.0. The lowest BCUT2D eigenvalue weighted by molar-refractivity contribution is -0.385. The number of rotatable bonds is 4. The highest BCUT2D eigenvalue weighted by Crippen LogP contribution is 2.31. The Balaban J connectivity index is 1.54. The van der Waals surface area contributed by atoms with Crippen molar-refractivity contribution in [2.75, 3.05) is 5.32 Å². The molecular formula is C19H15N7O3S2. The van der Waals surface area contributed by atoms with Gasteiger partial charge in [-0.3, -0.25) is 20.2 Å². The molecule has 2 heterocycles. The number of anilines is 1. The van der Waals surface area contributed by atoms with Crippen LogP contribution in [-0.2, 0) is 0 Å². The van der Waals surface area contributed by atoms with Crippen molar-refractivity contribution in [2.45, 2.75) is 13.8 Å². The van der Waals surface area contributed by atoms with Crippen molar-refractivity contribution >= 4 is 50.9 Å². The average molecular weight is 454 g/mol. The van der Waals surface area contributed by atoms with Gasteiger partial charge in [-0.1, -0.05) is 29.5 Å². The summed E-state index contributed by atoms with van der Waals surface area (Å²) in [5.41, 5.74) is 1.90. The van der Waals surface area contributed by atoms with E-state index in [1.807, 2.05) is 25.1 Å². The number of carbonyl (C=O) groups is 1. The molecule has 0 aliphatic carbocycles. The summed E-state index contributed by atoms with van der Waals surface area (Å²) in [5.74, 6) is 0.130. The van der Waals surface area contributed by atoms with E-state index in [1.54, 1.807) is 17.5 Å². The number of amides is 1.